The lowest BCUT2D eigenvalue weighted by Gasteiger charge is -2.64. The number of benzene rings is 1. The van der Waals surface area contributed by atoms with Gasteiger partial charge in [-0.1, -0.05) is 61.2 Å². The van der Waals surface area contributed by atoms with Gasteiger partial charge in [-0.3, -0.25) is 4.90 Å². The molecule has 8 aliphatic rings. The Hall–Kier alpha value is -1.20. The maximum atomic E-state index is 13.7. The Morgan fingerprint density at radius 1 is 0.830 bits per heavy atom. The van der Waals surface area contributed by atoms with Gasteiger partial charge in [-0.15, -0.1) is 0 Å². The lowest BCUT2D eigenvalue weighted by Crippen LogP contribution is -2.71. The third-order valence-electron chi connectivity index (χ3n) is 16.6. The molecule has 6 aliphatic carbocycles. The van der Waals surface area contributed by atoms with E-state index in [0.717, 1.165) is 45.1 Å². The molecule has 47 heavy (non-hydrogen) atoms. The van der Waals surface area contributed by atoms with Crippen LogP contribution in [0.25, 0.3) is 0 Å². The lowest BCUT2D eigenvalue weighted by molar-refractivity contribution is -0.219. The van der Waals surface area contributed by atoms with Gasteiger partial charge in [0.2, 0.25) is 0 Å². The molecule has 4 heteroatoms. The number of hydrogen-bond donors (Lipinski definition) is 3. The van der Waals surface area contributed by atoms with Crippen LogP contribution < -0.4 is 0 Å². The monoisotopic (exact) mass is 641 g/mol. The Morgan fingerprint density at radius 3 is 2.49 bits per heavy atom. The molecule has 1 aromatic rings. The van der Waals surface area contributed by atoms with Crippen LogP contribution in [0.5, 0.6) is 0 Å². The molecule has 2 heterocycles. The normalized spacial score (nSPS) is 52.1. The first-order valence-corrected chi connectivity index (χ1v) is 20.2. The summed E-state index contributed by atoms with van der Waals surface area (Å²) < 4.78 is 0. The molecule has 258 valence electrons. The van der Waals surface area contributed by atoms with E-state index in [4.69, 9.17) is 0 Å². The van der Waals surface area contributed by atoms with Crippen LogP contribution in [0.3, 0.4) is 0 Å². The average Bonchev–Trinajstić information content (AvgIpc) is 3.36. The fourth-order valence-electron chi connectivity index (χ4n) is 15.4. The highest BCUT2D eigenvalue weighted by Crippen LogP contribution is 2.72. The molecule has 2 saturated heterocycles. The summed E-state index contributed by atoms with van der Waals surface area (Å²) in [5.41, 5.74) is 3.84. The molecule has 3 N–H and O–H groups in total. The molecule has 0 aromatic heterocycles. The van der Waals surface area contributed by atoms with Gasteiger partial charge in [0, 0.05) is 19.1 Å². The van der Waals surface area contributed by atoms with Gasteiger partial charge in [-0.05, 0) is 167 Å². The van der Waals surface area contributed by atoms with Crippen molar-refractivity contribution in [2.45, 2.75) is 135 Å². The standard InChI is InChI=1S/C43H63NO3/c1-25-9-12-39-43(47,30-7-4-6-28(20-30)19-29-17-26(2)16-27(3)18-29)36-11-10-32-34-22-38(46)37-21-31(45)13-15-42(37)14-5-8-33(41(34)42)40(32)35(36)24-44(39)23-25/h5,8,16-18,25,28,30-41,45-47H,4,6-7,9-15,19-24H2,1-3H3. The lowest BCUT2D eigenvalue weighted by atomic mass is 9.47. The molecule has 16 unspecified atom stereocenters. The van der Waals surface area contributed by atoms with Crippen LogP contribution in [0.15, 0.2) is 30.4 Å². The second kappa shape index (κ2) is 11.7. The molecule has 16 atom stereocenters. The second-order valence-electron chi connectivity index (χ2n) is 19.0. The van der Waals surface area contributed by atoms with Crippen molar-refractivity contribution in [1.29, 1.82) is 0 Å². The Kier molecular flexibility index (Phi) is 7.89. The zero-order valence-corrected chi connectivity index (χ0v) is 29.6. The van der Waals surface area contributed by atoms with Gasteiger partial charge >= 0.3 is 0 Å². The number of fused-ring (bicyclic) bond motifs is 6. The maximum absolute atomic E-state index is 13.7. The SMILES string of the molecule is Cc1cc(C)cc(CC2CCCC(C3(O)C4CCC5C6CC(O)C7CC(O)CCC78CC=CC(C5C4CN4CC(C)CCC43)C68)C2)c1. The summed E-state index contributed by atoms with van der Waals surface area (Å²) in [6, 6.07) is 7.44. The number of aryl methyl sites for hydroxylation is 2. The van der Waals surface area contributed by atoms with Crippen molar-refractivity contribution in [3.05, 3.63) is 47.0 Å². The number of rotatable bonds is 3. The highest BCUT2D eigenvalue weighted by Gasteiger charge is 2.70. The fraction of sp³-hybridized carbons (Fsp3) is 0.814. The van der Waals surface area contributed by atoms with Crippen LogP contribution in [0, 0.1) is 84.4 Å². The first-order chi connectivity index (χ1) is 22.7. The van der Waals surface area contributed by atoms with Gasteiger partial charge < -0.3 is 15.3 Å². The van der Waals surface area contributed by atoms with E-state index in [1.54, 1.807) is 0 Å². The third kappa shape index (κ3) is 4.87. The molecular weight excluding hydrogens is 578 g/mol. The first-order valence-electron chi connectivity index (χ1n) is 20.2. The molecule has 4 nitrogen and oxygen atoms in total. The average molecular weight is 642 g/mol. The Balaban J connectivity index is 1.05. The van der Waals surface area contributed by atoms with Gasteiger partial charge in [-0.25, -0.2) is 0 Å². The number of nitrogens with zero attached hydrogens (tertiary/aromatic N) is 1. The summed E-state index contributed by atoms with van der Waals surface area (Å²) >= 11 is 0. The van der Waals surface area contributed by atoms with Crippen LogP contribution in [-0.2, 0) is 6.42 Å². The number of aliphatic hydroxyl groups excluding tert-OH is 2. The van der Waals surface area contributed by atoms with E-state index in [9.17, 15) is 15.3 Å². The number of allylic oxidation sites excluding steroid dienone is 2. The van der Waals surface area contributed by atoms with Gasteiger partial charge in [0.1, 0.15) is 0 Å². The van der Waals surface area contributed by atoms with Crippen molar-refractivity contribution in [1.82, 2.24) is 4.90 Å². The number of aliphatic hydroxyl groups is 3. The van der Waals surface area contributed by atoms with Crippen LogP contribution in [0.4, 0.5) is 0 Å². The summed E-state index contributed by atoms with van der Waals surface area (Å²) in [6.45, 7) is 9.26. The highest BCUT2D eigenvalue weighted by molar-refractivity contribution is 5.29. The van der Waals surface area contributed by atoms with Crippen LogP contribution >= 0.6 is 0 Å². The van der Waals surface area contributed by atoms with Gasteiger partial charge in [0.15, 0.2) is 0 Å². The minimum absolute atomic E-state index is 0.172. The van der Waals surface area contributed by atoms with Gasteiger partial charge in [-0.2, -0.15) is 0 Å². The van der Waals surface area contributed by atoms with E-state index in [2.05, 4.69) is 56.0 Å². The van der Waals surface area contributed by atoms with E-state index in [1.165, 1.54) is 74.6 Å². The Labute approximate surface area is 284 Å². The minimum atomic E-state index is -0.587. The molecular formula is C43H63NO3. The molecule has 5 saturated carbocycles. The number of hydrogen-bond acceptors (Lipinski definition) is 4. The molecule has 0 radical (unpaired) electrons. The van der Waals surface area contributed by atoms with Crippen molar-refractivity contribution in [3.63, 3.8) is 0 Å². The van der Waals surface area contributed by atoms with E-state index < -0.39 is 5.60 Å². The van der Waals surface area contributed by atoms with E-state index in [0.29, 0.717) is 65.2 Å². The summed E-state index contributed by atoms with van der Waals surface area (Å²) in [7, 11) is 0. The summed E-state index contributed by atoms with van der Waals surface area (Å²) in [6.07, 6.45) is 20.5. The smallest absolute Gasteiger partial charge is 0.0861 e. The summed E-state index contributed by atoms with van der Waals surface area (Å²) in [4.78, 5) is 2.84. The molecule has 0 bridgehead atoms. The van der Waals surface area contributed by atoms with Crippen molar-refractivity contribution >= 4 is 0 Å². The van der Waals surface area contributed by atoms with E-state index >= 15 is 0 Å². The van der Waals surface area contributed by atoms with Crippen molar-refractivity contribution in [3.8, 4) is 0 Å². The molecule has 1 aromatic carbocycles. The quantitative estimate of drug-likeness (QED) is 0.300. The van der Waals surface area contributed by atoms with Crippen molar-refractivity contribution < 1.29 is 15.3 Å². The van der Waals surface area contributed by atoms with Crippen LogP contribution in [0.1, 0.15) is 107 Å². The maximum Gasteiger partial charge on any atom is 0.0861 e. The van der Waals surface area contributed by atoms with Crippen molar-refractivity contribution in [2.75, 3.05) is 13.1 Å². The largest absolute Gasteiger partial charge is 0.393 e. The molecule has 2 aliphatic heterocycles. The Morgan fingerprint density at radius 2 is 1.66 bits per heavy atom. The van der Waals surface area contributed by atoms with Crippen LogP contribution in [-0.4, -0.2) is 57.2 Å². The highest BCUT2D eigenvalue weighted by atomic mass is 16.3. The van der Waals surface area contributed by atoms with E-state index in [-0.39, 0.29) is 23.5 Å². The Bertz CT molecular complexity index is 1350. The second-order valence-corrected chi connectivity index (χ2v) is 19.0. The number of piperidine rings is 2. The molecule has 7 fully saturated rings. The molecule has 0 amide bonds. The topological polar surface area (TPSA) is 63.9 Å². The molecule has 9 rings (SSSR count). The fourth-order valence-corrected chi connectivity index (χ4v) is 15.4. The first kappa shape index (κ1) is 31.8. The summed E-state index contributed by atoms with van der Waals surface area (Å²) in [5, 5.41) is 36.1. The minimum Gasteiger partial charge on any atom is -0.393 e. The molecule has 1 spiro atoms. The third-order valence-corrected chi connectivity index (χ3v) is 16.6. The predicted octanol–water partition coefficient (Wildman–Crippen LogP) is 7.49. The van der Waals surface area contributed by atoms with Gasteiger partial charge in [0.05, 0.1) is 17.8 Å². The zero-order chi connectivity index (χ0) is 32.2. The van der Waals surface area contributed by atoms with Crippen molar-refractivity contribution in [2.24, 2.45) is 70.5 Å². The summed E-state index contributed by atoms with van der Waals surface area (Å²) in [5.74, 6) is 6.17. The predicted molar refractivity (Wildman–Crippen MR) is 188 cm³/mol. The van der Waals surface area contributed by atoms with E-state index in [1.807, 2.05) is 0 Å². The zero-order valence-electron chi connectivity index (χ0n) is 29.6. The van der Waals surface area contributed by atoms with Gasteiger partial charge in [0.25, 0.3) is 0 Å². The van der Waals surface area contributed by atoms with Crippen LogP contribution in [0.2, 0.25) is 0 Å².